The van der Waals surface area contributed by atoms with Crippen molar-refractivity contribution in [3.05, 3.63) is 33.4 Å². The predicted octanol–water partition coefficient (Wildman–Crippen LogP) is 2.17. The molecule has 0 aliphatic carbocycles. The molecule has 0 bridgehead atoms. The fourth-order valence-corrected chi connectivity index (χ4v) is 2.14. The summed E-state index contributed by atoms with van der Waals surface area (Å²) < 4.78 is 6.20. The van der Waals surface area contributed by atoms with Crippen molar-refractivity contribution in [3.8, 4) is 0 Å². The van der Waals surface area contributed by atoms with Crippen LogP contribution in [-0.4, -0.2) is 31.0 Å². The molecule has 0 fully saturated rings. The van der Waals surface area contributed by atoms with E-state index in [1.807, 2.05) is 13.0 Å². The van der Waals surface area contributed by atoms with Crippen LogP contribution in [-0.2, 0) is 11.3 Å². The minimum absolute atomic E-state index is 0.571. The van der Waals surface area contributed by atoms with Gasteiger partial charge in [-0.3, -0.25) is 0 Å². The molecule has 96 valence electrons. The monoisotopic (exact) mass is 349 g/mol. The number of methoxy groups -OCH3 is 1. The van der Waals surface area contributed by atoms with Crippen molar-refractivity contribution in [2.24, 2.45) is 0 Å². The van der Waals surface area contributed by atoms with Gasteiger partial charge in [0.05, 0.1) is 5.60 Å². The molecular formula is C13H20INO2. The average Bonchev–Trinajstić information content (AvgIpc) is 2.26. The molecule has 0 aliphatic heterocycles. The molecule has 0 aliphatic rings. The minimum Gasteiger partial charge on any atom is -0.389 e. The fraction of sp³-hybridized carbons (Fsp3) is 0.538. The Morgan fingerprint density at radius 1 is 1.47 bits per heavy atom. The molecule has 0 saturated carbocycles. The van der Waals surface area contributed by atoms with E-state index in [4.69, 9.17) is 4.74 Å². The molecule has 0 saturated heterocycles. The van der Waals surface area contributed by atoms with Gasteiger partial charge in [0, 0.05) is 36.8 Å². The zero-order valence-electron chi connectivity index (χ0n) is 10.4. The summed E-state index contributed by atoms with van der Waals surface area (Å²) >= 11 is 2.30. The molecule has 4 heteroatoms. The Labute approximate surface area is 117 Å². The van der Waals surface area contributed by atoms with Crippen molar-refractivity contribution in [3.63, 3.8) is 0 Å². The highest BCUT2D eigenvalue weighted by Crippen LogP contribution is 2.10. The first kappa shape index (κ1) is 14.9. The molecule has 0 spiro atoms. The van der Waals surface area contributed by atoms with Crippen LogP contribution in [0.5, 0.6) is 0 Å². The van der Waals surface area contributed by atoms with Gasteiger partial charge in [0.15, 0.2) is 0 Å². The van der Waals surface area contributed by atoms with Crippen molar-refractivity contribution >= 4 is 22.6 Å². The summed E-state index contributed by atoms with van der Waals surface area (Å²) in [6.07, 6.45) is 0.642. The van der Waals surface area contributed by atoms with Gasteiger partial charge in [-0.25, -0.2) is 0 Å². The first-order valence-corrected chi connectivity index (χ1v) is 6.78. The average molecular weight is 349 g/mol. The third-order valence-electron chi connectivity index (χ3n) is 2.57. The van der Waals surface area contributed by atoms with E-state index in [-0.39, 0.29) is 0 Å². The van der Waals surface area contributed by atoms with E-state index in [0.717, 1.165) is 6.54 Å². The number of ether oxygens (including phenoxy) is 1. The Morgan fingerprint density at radius 2 is 2.24 bits per heavy atom. The van der Waals surface area contributed by atoms with E-state index in [1.54, 1.807) is 7.11 Å². The molecular weight excluding hydrogens is 329 g/mol. The van der Waals surface area contributed by atoms with Gasteiger partial charge >= 0.3 is 0 Å². The summed E-state index contributed by atoms with van der Waals surface area (Å²) in [6, 6.07) is 8.33. The molecule has 1 unspecified atom stereocenters. The second kappa shape index (κ2) is 7.31. The van der Waals surface area contributed by atoms with Crippen LogP contribution in [0.3, 0.4) is 0 Å². The molecule has 1 rings (SSSR count). The Hall–Kier alpha value is -0.170. The zero-order valence-corrected chi connectivity index (χ0v) is 12.5. The van der Waals surface area contributed by atoms with Crippen LogP contribution >= 0.6 is 22.6 Å². The second-order valence-corrected chi connectivity index (χ2v) is 5.72. The fourth-order valence-electron chi connectivity index (χ4n) is 1.53. The van der Waals surface area contributed by atoms with Crippen LogP contribution in [0.15, 0.2) is 24.3 Å². The van der Waals surface area contributed by atoms with Crippen LogP contribution in [0.2, 0.25) is 0 Å². The lowest BCUT2D eigenvalue weighted by Gasteiger charge is -2.23. The quantitative estimate of drug-likeness (QED) is 0.742. The van der Waals surface area contributed by atoms with E-state index >= 15 is 0 Å². The highest BCUT2D eigenvalue weighted by Gasteiger charge is 2.18. The van der Waals surface area contributed by atoms with Gasteiger partial charge in [-0.15, -0.1) is 0 Å². The van der Waals surface area contributed by atoms with E-state index in [0.29, 0.717) is 19.6 Å². The first-order valence-electron chi connectivity index (χ1n) is 5.70. The maximum absolute atomic E-state index is 10.0. The lowest BCUT2D eigenvalue weighted by atomic mass is 10.0. The topological polar surface area (TPSA) is 41.5 Å². The molecule has 0 aromatic heterocycles. The van der Waals surface area contributed by atoms with Crippen LogP contribution < -0.4 is 5.32 Å². The van der Waals surface area contributed by atoms with Crippen molar-refractivity contribution in [2.75, 3.05) is 20.3 Å². The lowest BCUT2D eigenvalue weighted by Crippen LogP contribution is -2.38. The van der Waals surface area contributed by atoms with E-state index < -0.39 is 5.60 Å². The maximum atomic E-state index is 10.0. The number of hydrogen-bond donors (Lipinski definition) is 2. The van der Waals surface area contributed by atoms with E-state index in [1.165, 1.54) is 9.13 Å². The number of rotatable bonds is 7. The zero-order chi connectivity index (χ0) is 12.7. The Kier molecular flexibility index (Phi) is 6.40. The Morgan fingerprint density at radius 3 is 2.88 bits per heavy atom. The molecule has 17 heavy (non-hydrogen) atoms. The second-order valence-electron chi connectivity index (χ2n) is 4.47. The number of benzene rings is 1. The van der Waals surface area contributed by atoms with Crippen LogP contribution in [0.4, 0.5) is 0 Å². The summed E-state index contributed by atoms with van der Waals surface area (Å²) in [5.74, 6) is 0. The van der Waals surface area contributed by atoms with Gasteiger partial charge in [-0.2, -0.15) is 0 Å². The summed E-state index contributed by atoms with van der Waals surface area (Å²) in [5.41, 5.74) is 0.525. The third kappa shape index (κ3) is 6.35. The summed E-state index contributed by atoms with van der Waals surface area (Å²) in [6.45, 7) is 3.76. The van der Waals surface area contributed by atoms with Crippen molar-refractivity contribution in [2.45, 2.75) is 25.5 Å². The van der Waals surface area contributed by atoms with Crippen molar-refractivity contribution in [1.82, 2.24) is 5.32 Å². The maximum Gasteiger partial charge on any atom is 0.0765 e. The molecule has 0 heterocycles. The van der Waals surface area contributed by atoms with Crippen LogP contribution in [0.1, 0.15) is 18.9 Å². The van der Waals surface area contributed by atoms with Crippen molar-refractivity contribution in [1.29, 1.82) is 0 Å². The summed E-state index contributed by atoms with van der Waals surface area (Å²) in [4.78, 5) is 0. The van der Waals surface area contributed by atoms with Gasteiger partial charge in [0.2, 0.25) is 0 Å². The largest absolute Gasteiger partial charge is 0.389 e. The molecule has 0 amide bonds. The van der Waals surface area contributed by atoms with Crippen LogP contribution in [0, 0.1) is 3.57 Å². The highest BCUT2D eigenvalue weighted by molar-refractivity contribution is 14.1. The normalized spacial score (nSPS) is 14.6. The molecule has 1 atom stereocenters. The minimum atomic E-state index is -0.710. The molecule has 1 aromatic carbocycles. The summed E-state index contributed by atoms with van der Waals surface area (Å²) in [7, 11) is 1.65. The van der Waals surface area contributed by atoms with E-state index in [9.17, 15) is 5.11 Å². The number of aliphatic hydroxyl groups is 1. The standard InChI is InChI=1S/C13H20INO2/c1-13(16,6-7-17-2)10-15-9-11-4-3-5-12(14)8-11/h3-5,8,15-16H,6-7,9-10H2,1-2H3. The predicted molar refractivity (Wildman–Crippen MR) is 78.0 cm³/mol. The van der Waals surface area contributed by atoms with E-state index in [2.05, 4.69) is 46.1 Å². The first-order chi connectivity index (χ1) is 8.03. The van der Waals surface area contributed by atoms with Crippen LogP contribution in [0.25, 0.3) is 0 Å². The smallest absolute Gasteiger partial charge is 0.0765 e. The SMILES string of the molecule is COCCC(C)(O)CNCc1cccc(I)c1. The van der Waals surface area contributed by atoms with Gasteiger partial charge in [0.25, 0.3) is 0 Å². The summed E-state index contributed by atoms with van der Waals surface area (Å²) in [5, 5.41) is 13.3. The Bertz CT molecular complexity index is 342. The molecule has 0 radical (unpaired) electrons. The number of nitrogens with one attached hydrogen (secondary N) is 1. The van der Waals surface area contributed by atoms with Gasteiger partial charge in [-0.1, -0.05) is 12.1 Å². The van der Waals surface area contributed by atoms with Crippen molar-refractivity contribution < 1.29 is 9.84 Å². The van der Waals surface area contributed by atoms with Gasteiger partial charge < -0.3 is 15.2 Å². The third-order valence-corrected chi connectivity index (χ3v) is 3.24. The molecule has 3 nitrogen and oxygen atoms in total. The number of hydrogen-bond acceptors (Lipinski definition) is 3. The Balaban J connectivity index is 2.32. The number of halogens is 1. The highest BCUT2D eigenvalue weighted by atomic mass is 127. The molecule has 1 aromatic rings. The molecule has 2 N–H and O–H groups in total. The van der Waals surface area contributed by atoms with Gasteiger partial charge in [-0.05, 0) is 47.2 Å². The van der Waals surface area contributed by atoms with Gasteiger partial charge in [0.1, 0.15) is 0 Å². The lowest BCUT2D eigenvalue weighted by molar-refractivity contribution is 0.0247.